The first-order valence-corrected chi connectivity index (χ1v) is 3.91. The monoisotopic (exact) mass is 180 g/mol. The molecule has 1 saturated heterocycles. The summed E-state index contributed by atoms with van der Waals surface area (Å²) in [4.78, 5) is 27.3. The fraction of sp³-hybridized carbons (Fsp3) is 0.375. The van der Waals surface area contributed by atoms with E-state index >= 15 is 0 Å². The molecule has 0 atom stereocenters. The lowest BCUT2D eigenvalue weighted by molar-refractivity contribution is -0.121. The number of hydrogen-bond donors (Lipinski definition) is 0. The Balaban J connectivity index is 2.27. The maximum Gasteiger partial charge on any atom is 0.304 e. The van der Waals surface area contributed by atoms with Crippen molar-refractivity contribution in [2.24, 2.45) is 0 Å². The molecule has 1 aromatic rings. The van der Waals surface area contributed by atoms with E-state index in [2.05, 4.69) is 4.98 Å². The Morgan fingerprint density at radius 1 is 1.54 bits per heavy atom. The zero-order chi connectivity index (χ0) is 9.42. The first-order valence-electron chi connectivity index (χ1n) is 3.91. The van der Waals surface area contributed by atoms with Gasteiger partial charge in [-0.25, -0.2) is 0 Å². The van der Waals surface area contributed by atoms with Crippen molar-refractivity contribution >= 4 is 17.7 Å². The quantitative estimate of drug-likeness (QED) is 0.582. The van der Waals surface area contributed by atoms with E-state index in [-0.39, 0.29) is 30.7 Å². The van der Waals surface area contributed by atoms with E-state index in [0.717, 1.165) is 0 Å². The van der Waals surface area contributed by atoms with Crippen LogP contribution in [-0.2, 0) is 9.59 Å². The van der Waals surface area contributed by atoms with Gasteiger partial charge in [0.05, 0.1) is 18.7 Å². The van der Waals surface area contributed by atoms with Crippen LogP contribution in [0.4, 0.5) is 6.01 Å². The number of aromatic nitrogens is 1. The fourth-order valence-electron chi connectivity index (χ4n) is 1.22. The van der Waals surface area contributed by atoms with Gasteiger partial charge in [0, 0.05) is 0 Å². The number of hydrogen-bond acceptors (Lipinski definition) is 4. The molecule has 1 aromatic heterocycles. The van der Waals surface area contributed by atoms with Crippen LogP contribution in [0, 0.1) is 6.92 Å². The van der Waals surface area contributed by atoms with Gasteiger partial charge >= 0.3 is 6.01 Å². The maximum absolute atomic E-state index is 11.2. The molecule has 0 aromatic carbocycles. The Hall–Kier alpha value is -1.65. The van der Waals surface area contributed by atoms with Gasteiger partial charge in [-0.15, -0.1) is 0 Å². The van der Waals surface area contributed by atoms with E-state index in [1.54, 1.807) is 6.92 Å². The molecule has 68 valence electrons. The number of rotatable bonds is 1. The molecule has 0 bridgehead atoms. The highest BCUT2D eigenvalue weighted by molar-refractivity contribution is 6.14. The third-order valence-electron chi connectivity index (χ3n) is 1.82. The molecule has 1 aliphatic heterocycles. The molecule has 13 heavy (non-hydrogen) atoms. The molecule has 0 spiro atoms. The summed E-state index contributed by atoms with van der Waals surface area (Å²) >= 11 is 0. The van der Waals surface area contributed by atoms with E-state index in [9.17, 15) is 9.59 Å². The predicted octanol–water partition coefficient (Wildman–Crippen LogP) is 0.289. The second-order valence-electron chi connectivity index (χ2n) is 2.97. The van der Waals surface area contributed by atoms with Gasteiger partial charge in [0.25, 0.3) is 0 Å². The topological polar surface area (TPSA) is 63.4 Å². The highest BCUT2D eigenvalue weighted by atomic mass is 16.4. The Kier molecular flexibility index (Phi) is 1.65. The molecule has 5 heteroatoms. The van der Waals surface area contributed by atoms with E-state index in [1.165, 1.54) is 11.2 Å². The molecule has 1 aliphatic rings. The van der Waals surface area contributed by atoms with Crippen LogP contribution in [0.2, 0.25) is 0 Å². The standard InChI is InChI=1S/C8H8N2O3/c1-5-4-13-8(9-5)10-3-6(11)2-7(10)12/h4H,2-3H2,1H3. The second kappa shape index (κ2) is 2.69. The maximum atomic E-state index is 11.2. The number of carbonyl (C=O) groups excluding carboxylic acids is 2. The number of anilines is 1. The van der Waals surface area contributed by atoms with Crippen LogP contribution >= 0.6 is 0 Å². The van der Waals surface area contributed by atoms with Crippen molar-refractivity contribution in [2.45, 2.75) is 13.3 Å². The van der Waals surface area contributed by atoms with Gasteiger partial charge in [0.15, 0.2) is 5.78 Å². The van der Waals surface area contributed by atoms with Crippen LogP contribution in [0.15, 0.2) is 10.7 Å². The smallest absolute Gasteiger partial charge is 0.304 e. The summed E-state index contributed by atoms with van der Waals surface area (Å²) < 4.78 is 5.01. The minimum absolute atomic E-state index is 0.0403. The molecule has 2 heterocycles. The Labute approximate surface area is 74.3 Å². The van der Waals surface area contributed by atoms with Gasteiger partial charge in [-0.1, -0.05) is 0 Å². The normalized spacial score (nSPS) is 17.2. The van der Waals surface area contributed by atoms with Crippen LogP contribution in [0.1, 0.15) is 12.1 Å². The molecule has 5 nitrogen and oxygen atoms in total. The molecular weight excluding hydrogens is 172 g/mol. The summed E-state index contributed by atoms with van der Waals surface area (Å²) in [7, 11) is 0. The van der Waals surface area contributed by atoms with Crippen molar-refractivity contribution in [3.63, 3.8) is 0 Å². The largest absolute Gasteiger partial charge is 0.431 e. The zero-order valence-corrected chi connectivity index (χ0v) is 7.11. The van der Waals surface area contributed by atoms with Crippen molar-refractivity contribution in [1.82, 2.24) is 4.98 Å². The summed E-state index contributed by atoms with van der Waals surface area (Å²) in [6.45, 7) is 1.84. The summed E-state index contributed by atoms with van der Waals surface area (Å²) in [6, 6.07) is 0.216. The first-order chi connectivity index (χ1) is 6.16. The average molecular weight is 180 g/mol. The minimum Gasteiger partial charge on any atom is -0.431 e. The Morgan fingerprint density at radius 3 is 2.77 bits per heavy atom. The van der Waals surface area contributed by atoms with Crippen LogP contribution < -0.4 is 4.90 Å². The highest BCUT2D eigenvalue weighted by Crippen LogP contribution is 2.18. The van der Waals surface area contributed by atoms with Gasteiger partial charge in [-0.2, -0.15) is 4.98 Å². The predicted molar refractivity (Wildman–Crippen MR) is 43.2 cm³/mol. The number of aryl methyl sites for hydroxylation is 1. The number of amides is 1. The number of nitrogens with zero attached hydrogens (tertiary/aromatic N) is 2. The average Bonchev–Trinajstić information content (AvgIpc) is 2.58. The van der Waals surface area contributed by atoms with E-state index in [0.29, 0.717) is 5.69 Å². The lowest BCUT2D eigenvalue weighted by Gasteiger charge is -2.07. The van der Waals surface area contributed by atoms with Crippen molar-refractivity contribution in [3.8, 4) is 0 Å². The molecule has 0 aliphatic carbocycles. The number of Topliss-reactive ketones (excluding diaryl/α,β-unsaturated/α-hetero) is 1. The van der Waals surface area contributed by atoms with Crippen LogP contribution in [0.25, 0.3) is 0 Å². The lowest BCUT2D eigenvalue weighted by Crippen LogP contribution is -2.24. The van der Waals surface area contributed by atoms with Crippen LogP contribution in [-0.4, -0.2) is 23.2 Å². The molecular formula is C8H8N2O3. The lowest BCUT2D eigenvalue weighted by atomic mass is 10.3. The Bertz CT molecular complexity index is 369. The van der Waals surface area contributed by atoms with E-state index < -0.39 is 0 Å². The van der Waals surface area contributed by atoms with Crippen molar-refractivity contribution in [1.29, 1.82) is 0 Å². The summed E-state index contributed by atoms with van der Waals surface area (Å²) in [5.41, 5.74) is 0.696. The third kappa shape index (κ3) is 1.32. The van der Waals surface area contributed by atoms with Gasteiger partial charge < -0.3 is 4.42 Å². The van der Waals surface area contributed by atoms with Crippen molar-refractivity contribution < 1.29 is 14.0 Å². The summed E-state index contributed by atoms with van der Waals surface area (Å²) in [5.74, 6) is -0.340. The molecule has 0 unspecified atom stereocenters. The second-order valence-corrected chi connectivity index (χ2v) is 2.97. The molecule has 0 N–H and O–H groups in total. The minimum atomic E-state index is -0.244. The molecule has 0 radical (unpaired) electrons. The first kappa shape index (κ1) is 7.97. The van der Waals surface area contributed by atoms with Crippen LogP contribution in [0.5, 0.6) is 0 Å². The SMILES string of the molecule is Cc1coc(N2CC(=O)CC2=O)n1. The van der Waals surface area contributed by atoms with Gasteiger partial charge in [-0.3, -0.25) is 14.5 Å². The van der Waals surface area contributed by atoms with Crippen molar-refractivity contribution in [3.05, 3.63) is 12.0 Å². The third-order valence-corrected chi connectivity index (χ3v) is 1.82. The van der Waals surface area contributed by atoms with Crippen LogP contribution in [0.3, 0.4) is 0 Å². The van der Waals surface area contributed by atoms with Gasteiger partial charge in [-0.05, 0) is 6.92 Å². The van der Waals surface area contributed by atoms with Gasteiger partial charge in [0.1, 0.15) is 6.26 Å². The molecule has 0 saturated carbocycles. The summed E-state index contributed by atoms with van der Waals surface area (Å²) in [6.07, 6.45) is 1.41. The summed E-state index contributed by atoms with van der Waals surface area (Å²) in [5, 5.41) is 0. The number of carbonyl (C=O) groups is 2. The van der Waals surface area contributed by atoms with E-state index in [1.807, 2.05) is 0 Å². The van der Waals surface area contributed by atoms with Crippen molar-refractivity contribution in [2.75, 3.05) is 11.4 Å². The van der Waals surface area contributed by atoms with Gasteiger partial charge in [0.2, 0.25) is 5.91 Å². The zero-order valence-electron chi connectivity index (χ0n) is 7.11. The molecule has 1 fully saturated rings. The highest BCUT2D eigenvalue weighted by Gasteiger charge is 2.31. The number of ketones is 1. The molecule has 2 rings (SSSR count). The molecule has 1 amide bonds. The Morgan fingerprint density at radius 2 is 2.31 bits per heavy atom. The van der Waals surface area contributed by atoms with E-state index in [4.69, 9.17) is 4.42 Å². The number of oxazole rings is 1. The fourth-order valence-corrected chi connectivity index (χ4v) is 1.22.